The molecule has 2 aliphatic carbocycles. The Balaban J connectivity index is 1.79. The van der Waals surface area contributed by atoms with Crippen LogP contribution in [0.15, 0.2) is 108 Å². The minimum atomic E-state index is -0.310. The lowest BCUT2D eigenvalue weighted by Crippen LogP contribution is -2.38. The molecule has 0 radical (unpaired) electrons. The molecule has 5 aromatic rings. The molecule has 146 valence electrons. The van der Waals surface area contributed by atoms with E-state index in [1.54, 1.807) is 0 Å². The van der Waals surface area contributed by atoms with Crippen molar-refractivity contribution in [3.63, 3.8) is 0 Å². The molecule has 31 heavy (non-hydrogen) atoms. The van der Waals surface area contributed by atoms with E-state index in [2.05, 4.69) is 119 Å². The minimum absolute atomic E-state index is 0.310. The molecule has 5 aromatic carbocycles. The van der Waals surface area contributed by atoms with E-state index < -0.39 is 0 Å². The van der Waals surface area contributed by atoms with Crippen LogP contribution in [0.5, 0.6) is 0 Å². The Morgan fingerprint density at radius 1 is 0.548 bits per heavy atom. The van der Waals surface area contributed by atoms with E-state index in [0.29, 0.717) is 0 Å². The Morgan fingerprint density at radius 2 is 1.19 bits per heavy atom. The predicted octanol–water partition coefficient (Wildman–Crippen LogP) is 7.87. The second-order valence-corrected chi connectivity index (χ2v) is 9.56. The third-order valence-corrected chi connectivity index (χ3v) is 7.70. The van der Waals surface area contributed by atoms with Crippen LogP contribution in [0.4, 0.5) is 0 Å². The van der Waals surface area contributed by atoms with Gasteiger partial charge < -0.3 is 0 Å². The highest BCUT2D eigenvalue weighted by atomic mass is 79.9. The third kappa shape index (κ3) is 2.15. The number of hydrogen-bond donors (Lipinski definition) is 0. The second kappa shape index (κ2) is 6.18. The molecule has 0 unspecified atom stereocenters. The number of hydrogen-bond acceptors (Lipinski definition) is 0. The summed E-state index contributed by atoms with van der Waals surface area (Å²) >= 11 is 3.75. The van der Waals surface area contributed by atoms with Gasteiger partial charge in [0, 0.05) is 4.47 Å². The van der Waals surface area contributed by atoms with Crippen molar-refractivity contribution >= 4 is 26.7 Å². The van der Waals surface area contributed by atoms with E-state index >= 15 is 0 Å². The van der Waals surface area contributed by atoms with Crippen molar-refractivity contribution in [2.75, 3.05) is 0 Å². The van der Waals surface area contributed by atoms with Crippen molar-refractivity contribution in [1.29, 1.82) is 0 Å². The van der Waals surface area contributed by atoms with Crippen LogP contribution in [0.3, 0.4) is 0 Å². The van der Waals surface area contributed by atoms with E-state index in [4.69, 9.17) is 0 Å². The van der Waals surface area contributed by atoms with E-state index in [1.807, 2.05) is 0 Å². The molecule has 7 rings (SSSR count). The van der Waals surface area contributed by atoms with Crippen LogP contribution in [0, 0.1) is 0 Å². The number of fused-ring (bicyclic) bond motifs is 8. The van der Waals surface area contributed by atoms with Crippen molar-refractivity contribution in [3.8, 4) is 11.1 Å². The topological polar surface area (TPSA) is 0 Å². The van der Waals surface area contributed by atoms with Gasteiger partial charge in [-0.15, -0.1) is 0 Å². The molecule has 1 heteroatoms. The first kappa shape index (κ1) is 17.5. The fourth-order valence-electron chi connectivity index (χ4n) is 6.10. The van der Waals surface area contributed by atoms with Gasteiger partial charge in [0.1, 0.15) is 0 Å². The first-order chi connectivity index (χ1) is 15.3. The summed E-state index contributed by atoms with van der Waals surface area (Å²) in [6, 6.07) is 38.5. The highest BCUT2D eigenvalue weighted by molar-refractivity contribution is 9.10. The summed E-state index contributed by atoms with van der Waals surface area (Å²) in [6.45, 7) is 0. The molecule has 0 aliphatic heterocycles. The summed E-state index contributed by atoms with van der Waals surface area (Å²) in [5.74, 6) is 0. The first-order valence-corrected chi connectivity index (χ1v) is 11.6. The van der Waals surface area contributed by atoms with E-state index in [1.165, 1.54) is 55.3 Å². The van der Waals surface area contributed by atoms with Crippen LogP contribution >= 0.6 is 15.9 Å². The molecule has 0 nitrogen and oxygen atoms in total. The monoisotopic (exact) mass is 458 g/mol. The maximum atomic E-state index is 3.75. The Labute approximate surface area is 190 Å². The Morgan fingerprint density at radius 3 is 1.94 bits per heavy atom. The molecule has 0 fully saturated rings. The molecule has 0 heterocycles. The molecule has 2 aliphatic rings. The maximum Gasteiger partial charge on any atom is 0.0719 e. The van der Waals surface area contributed by atoms with Crippen molar-refractivity contribution < 1.29 is 0 Å². The largest absolute Gasteiger partial charge is 0.0719 e. The summed E-state index contributed by atoms with van der Waals surface area (Å²) in [7, 11) is 0. The van der Waals surface area contributed by atoms with E-state index in [-0.39, 0.29) is 5.41 Å². The highest BCUT2D eigenvalue weighted by Gasteiger charge is 2.47. The molecule has 0 bridgehead atoms. The fourth-order valence-corrected chi connectivity index (χ4v) is 6.46. The normalized spacial score (nSPS) is 14.7. The van der Waals surface area contributed by atoms with Gasteiger partial charge in [0.15, 0.2) is 0 Å². The molecule has 0 saturated carbocycles. The third-order valence-electron chi connectivity index (χ3n) is 7.21. The summed E-state index contributed by atoms with van der Waals surface area (Å²) in [6.07, 6.45) is 0.984. The smallest absolute Gasteiger partial charge is 0.0620 e. The van der Waals surface area contributed by atoms with Crippen LogP contribution in [-0.2, 0) is 11.8 Å². The van der Waals surface area contributed by atoms with Gasteiger partial charge in [0.05, 0.1) is 5.41 Å². The molecule has 0 aromatic heterocycles. The Hall–Kier alpha value is -3.16. The van der Waals surface area contributed by atoms with Crippen molar-refractivity contribution in [1.82, 2.24) is 0 Å². The molecule has 0 amide bonds. The minimum Gasteiger partial charge on any atom is -0.0620 e. The average molecular weight is 459 g/mol. The number of rotatable bonds is 0. The zero-order valence-corrected chi connectivity index (χ0v) is 18.5. The Kier molecular flexibility index (Phi) is 3.49. The standard InChI is InChI=1S/C30H19Br/c31-22-15-16-27-24(18-22)23-11-5-9-19-10-6-14-28(29(19)23)30(27)25-12-3-1-7-20(25)17-21-8-2-4-13-26(21)30/h1-16,18H,17H2. The van der Waals surface area contributed by atoms with E-state index in [0.717, 1.165) is 10.9 Å². The van der Waals surface area contributed by atoms with Gasteiger partial charge in [0.25, 0.3) is 0 Å². The van der Waals surface area contributed by atoms with Crippen LogP contribution in [-0.4, -0.2) is 0 Å². The van der Waals surface area contributed by atoms with Gasteiger partial charge in [-0.1, -0.05) is 107 Å². The van der Waals surface area contributed by atoms with Crippen LogP contribution in [0.2, 0.25) is 0 Å². The van der Waals surface area contributed by atoms with E-state index in [9.17, 15) is 0 Å². The lowest BCUT2D eigenvalue weighted by atomic mass is 9.56. The zero-order valence-electron chi connectivity index (χ0n) is 16.9. The number of benzene rings is 5. The average Bonchev–Trinajstić information content (AvgIpc) is 2.82. The maximum absolute atomic E-state index is 3.75. The second-order valence-electron chi connectivity index (χ2n) is 8.64. The van der Waals surface area contributed by atoms with Crippen LogP contribution < -0.4 is 0 Å². The summed E-state index contributed by atoms with van der Waals surface area (Å²) in [5.41, 5.74) is 10.8. The molecule has 0 N–H and O–H groups in total. The van der Waals surface area contributed by atoms with Gasteiger partial charge >= 0.3 is 0 Å². The molecule has 1 spiro atoms. The van der Waals surface area contributed by atoms with Gasteiger partial charge in [-0.3, -0.25) is 0 Å². The quantitative estimate of drug-likeness (QED) is 0.217. The Bertz CT molecular complexity index is 1470. The molecular weight excluding hydrogens is 440 g/mol. The van der Waals surface area contributed by atoms with Crippen molar-refractivity contribution in [3.05, 3.63) is 141 Å². The molecule has 0 saturated heterocycles. The summed E-state index contributed by atoms with van der Waals surface area (Å²) in [4.78, 5) is 0. The lowest BCUT2D eigenvalue weighted by Gasteiger charge is -2.46. The van der Waals surface area contributed by atoms with Gasteiger partial charge in [-0.25, -0.2) is 0 Å². The summed E-state index contributed by atoms with van der Waals surface area (Å²) in [5, 5.41) is 2.68. The number of halogens is 1. The van der Waals surface area contributed by atoms with Crippen molar-refractivity contribution in [2.24, 2.45) is 0 Å². The first-order valence-electron chi connectivity index (χ1n) is 10.8. The van der Waals surface area contributed by atoms with Gasteiger partial charge in [0.2, 0.25) is 0 Å². The predicted molar refractivity (Wildman–Crippen MR) is 132 cm³/mol. The summed E-state index contributed by atoms with van der Waals surface area (Å²) < 4.78 is 1.12. The van der Waals surface area contributed by atoms with Gasteiger partial charge in [-0.05, 0) is 73.8 Å². The van der Waals surface area contributed by atoms with Crippen LogP contribution in [0.25, 0.3) is 21.9 Å². The fraction of sp³-hybridized carbons (Fsp3) is 0.0667. The lowest BCUT2D eigenvalue weighted by molar-refractivity contribution is 0.707. The van der Waals surface area contributed by atoms with Gasteiger partial charge in [-0.2, -0.15) is 0 Å². The SMILES string of the molecule is Brc1ccc2c(c1)-c1cccc3cccc(c13)C21c2ccccc2Cc2ccccc21. The highest BCUT2D eigenvalue weighted by Crippen LogP contribution is 2.58. The van der Waals surface area contributed by atoms with Crippen molar-refractivity contribution in [2.45, 2.75) is 11.8 Å². The van der Waals surface area contributed by atoms with Crippen LogP contribution in [0.1, 0.15) is 33.4 Å². The molecule has 0 atom stereocenters. The molecular formula is C30H19Br. The zero-order chi connectivity index (χ0) is 20.6.